The molecule has 1 heterocycles. The third kappa shape index (κ3) is 2.91. The lowest BCUT2D eigenvalue weighted by Gasteiger charge is -2.11. The Labute approximate surface area is 103 Å². The van der Waals surface area contributed by atoms with E-state index in [9.17, 15) is 8.78 Å². The maximum Gasteiger partial charge on any atom is 0.265 e. The van der Waals surface area contributed by atoms with E-state index in [0.717, 1.165) is 0 Å². The summed E-state index contributed by atoms with van der Waals surface area (Å²) in [5.41, 5.74) is 6.72. The van der Waals surface area contributed by atoms with Gasteiger partial charge in [-0.05, 0) is 30.3 Å². The molecule has 0 bridgehead atoms. The van der Waals surface area contributed by atoms with E-state index >= 15 is 0 Å². The lowest BCUT2D eigenvalue weighted by atomic mass is 10.1. The number of nitrogens with one attached hydrogen (secondary N) is 1. The zero-order chi connectivity index (χ0) is 13.0. The second-order valence-corrected chi connectivity index (χ2v) is 3.72. The van der Waals surface area contributed by atoms with Crippen molar-refractivity contribution in [3.63, 3.8) is 0 Å². The quantitative estimate of drug-likeness (QED) is 0.819. The largest absolute Gasteiger partial charge is 0.399 e. The van der Waals surface area contributed by atoms with Crippen LogP contribution >= 0.6 is 0 Å². The highest BCUT2D eigenvalue weighted by Gasteiger charge is 2.13. The molecule has 0 aliphatic carbocycles. The first-order valence-corrected chi connectivity index (χ1v) is 5.35. The summed E-state index contributed by atoms with van der Waals surface area (Å²) in [6.45, 7) is 0.331. The second-order valence-electron chi connectivity index (χ2n) is 3.72. The first kappa shape index (κ1) is 12.2. The fraction of sp³-hybridized carbons (Fsp3) is 0.167. The lowest BCUT2D eigenvalue weighted by Crippen LogP contribution is -2.05. The molecule has 0 fully saturated rings. The van der Waals surface area contributed by atoms with Gasteiger partial charge in [0.25, 0.3) is 6.43 Å². The molecule has 0 aliphatic rings. The van der Waals surface area contributed by atoms with Gasteiger partial charge in [0, 0.05) is 23.1 Å². The Balaban J connectivity index is 2.14. The van der Waals surface area contributed by atoms with Gasteiger partial charge in [0.15, 0.2) is 0 Å². The van der Waals surface area contributed by atoms with Crippen LogP contribution in [0.25, 0.3) is 0 Å². The molecule has 1 aromatic heterocycles. The molecule has 0 spiro atoms. The van der Waals surface area contributed by atoms with Crippen molar-refractivity contribution in [2.24, 2.45) is 0 Å². The minimum Gasteiger partial charge on any atom is -0.399 e. The maximum absolute atomic E-state index is 12.8. The van der Waals surface area contributed by atoms with E-state index in [1.165, 1.54) is 12.1 Å². The monoisotopic (exact) mass is 250 g/mol. The van der Waals surface area contributed by atoms with Crippen LogP contribution in [0.4, 0.5) is 20.2 Å². The van der Waals surface area contributed by atoms with Crippen molar-refractivity contribution >= 4 is 11.4 Å². The Bertz CT molecular complexity index is 517. The van der Waals surface area contributed by atoms with Crippen molar-refractivity contribution in [2.75, 3.05) is 11.1 Å². The lowest BCUT2D eigenvalue weighted by molar-refractivity contribution is 0.152. The molecule has 1 aromatic carbocycles. The summed E-state index contributed by atoms with van der Waals surface area (Å²) in [6, 6.07) is 7.88. The van der Waals surface area contributed by atoms with Gasteiger partial charge in [-0.1, -0.05) is 0 Å². The van der Waals surface area contributed by atoms with Crippen LogP contribution in [0.2, 0.25) is 0 Å². The van der Waals surface area contributed by atoms with E-state index in [1.54, 1.807) is 24.4 Å². The van der Waals surface area contributed by atoms with E-state index in [4.69, 9.17) is 5.73 Å². The Kier molecular flexibility index (Phi) is 3.66. The standard InChI is InChI=1S/C12H12F2N4/c13-12(14)10-6-8(15)3-4-11(10)16-7-9-2-1-5-17-18-9/h1-6,12,16H,7,15H2. The van der Waals surface area contributed by atoms with E-state index < -0.39 is 6.43 Å². The van der Waals surface area contributed by atoms with Crippen molar-refractivity contribution in [3.8, 4) is 0 Å². The fourth-order valence-corrected chi connectivity index (χ4v) is 1.54. The summed E-state index contributed by atoms with van der Waals surface area (Å²) in [5, 5.41) is 10.5. The Hall–Kier alpha value is -2.24. The highest BCUT2D eigenvalue weighted by Crippen LogP contribution is 2.29. The molecule has 0 saturated carbocycles. The van der Waals surface area contributed by atoms with Crippen LogP contribution in [0.3, 0.4) is 0 Å². The summed E-state index contributed by atoms with van der Waals surface area (Å²) in [5.74, 6) is 0. The van der Waals surface area contributed by atoms with Gasteiger partial charge in [-0.2, -0.15) is 10.2 Å². The number of hydrogen-bond acceptors (Lipinski definition) is 4. The second kappa shape index (κ2) is 5.39. The van der Waals surface area contributed by atoms with Gasteiger partial charge < -0.3 is 11.1 Å². The molecule has 0 amide bonds. The normalized spacial score (nSPS) is 10.6. The molecule has 2 rings (SSSR count). The average molecular weight is 250 g/mol. The number of rotatable bonds is 4. The van der Waals surface area contributed by atoms with Crippen molar-refractivity contribution in [2.45, 2.75) is 13.0 Å². The molecular weight excluding hydrogens is 238 g/mol. The third-order valence-corrected chi connectivity index (χ3v) is 2.40. The minimum atomic E-state index is -2.57. The van der Waals surface area contributed by atoms with E-state index in [1.807, 2.05) is 0 Å². The number of nitrogens with zero attached hydrogens (tertiary/aromatic N) is 2. The average Bonchev–Trinajstić information content (AvgIpc) is 2.38. The molecule has 2 aromatic rings. The van der Waals surface area contributed by atoms with E-state index in [2.05, 4.69) is 15.5 Å². The van der Waals surface area contributed by atoms with Gasteiger partial charge in [0.1, 0.15) is 0 Å². The SMILES string of the molecule is Nc1ccc(NCc2cccnn2)c(C(F)F)c1. The van der Waals surface area contributed by atoms with Crippen LogP contribution in [0.15, 0.2) is 36.5 Å². The molecule has 0 unspecified atom stereocenters. The summed E-state index contributed by atoms with van der Waals surface area (Å²) < 4.78 is 25.6. The molecule has 0 aliphatic heterocycles. The van der Waals surface area contributed by atoms with Crippen LogP contribution in [-0.4, -0.2) is 10.2 Å². The number of alkyl halides is 2. The fourth-order valence-electron chi connectivity index (χ4n) is 1.54. The third-order valence-electron chi connectivity index (χ3n) is 2.40. The number of anilines is 2. The maximum atomic E-state index is 12.8. The van der Waals surface area contributed by atoms with Crippen LogP contribution < -0.4 is 11.1 Å². The molecule has 0 saturated heterocycles. The van der Waals surface area contributed by atoms with Crippen LogP contribution in [0.1, 0.15) is 17.7 Å². The van der Waals surface area contributed by atoms with E-state index in [-0.39, 0.29) is 5.56 Å². The van der Waals surface area contributed by atoms with Crippen LogP contribution in [-0.2, 0) is 6.54 Å². The summed E-state index contributed by atoms with van der Waals surface area (Å²) >= 11 is 0. The first-order chi connectivity index (χ1) is 8.66. The highest BCUT2D eigenvalue weighted by atomic mass is 19.3. The summed E-state index contributed by atoms with van der Waals surface area (Å²) in [7, 11) is 0. The van der Waals surface area contributed by atoms with Gasteiger partial charge in [-0.15, -0.1) is 0 Å². The first-order valence-electron chi connectivity index (χ1n) is 5.35. The smallest absolute Gasteiger partial charge is 0.265 e. The van der Waals surface area contributed by atoms with Crippen LogP contribution in [0.5, 0.6) is 0 Å². The minimum absolute atomic E-state index is 0.112. The predicted octanol–water partition coefficient (Wildman–Crippen LogP) is 2.61. The number of benzene rings is 1. The molecule has 3 N–H and O–H groups in total. The highest BCUT2D eigenvalue weighted by molar-refractivity contribution is 5.58. The van der Waals surface area contributed by atoms with Crippen molar-refractivity contribution < 1.29 is 8.78 Å². The van der Waals surface area contributed by atoms with Gasteiger partial charge >= 0.3 is 0 Å². The number of nitrogen functional groups attached to an aromatic ring is 1. The molecule has 18 heavy (non-hydrogen) atoms. The van der Waals surface area contributed by atoms with Gasteiger partial charge in [0.2, 0.25) is 0 Å². The van der Waals surface area contributed by atoms with Crippen molar-refractivity contribution in [3.05, 3.63) is 47.8 Å². The van der Waals surface area contributed by atoms with Crippen molar-refractivity contribution in [1.82, 2.24) is 10.2 Å². The molecule has 0 radical (unpaired) electrons. The van der Waals surface area contributed by atoms with Gasteiger partial charge in [0.05, 0.1) is 12.2 Å². The zero-order valence-electron chi connectivity index (χ0n) is 9.48. The Morgan fingerprint density at radius 1 is 1.28 bits per heavy atom. The van der Waals surface area contributed by atoms with Crippen molar-refractivity contribution in [1.29, 1.82) is 0 Å². The topological polar surface area (TPSA) is 63.8 Å². The molecule has 0 atom stereocenters. The Morgan fingerprint density at radius 3 is 2.78 bits per heavy atom. The number of hydrogen-bond donors (Lipinski definition) is 2. The molecule has 6 heteroatoms. The van der Waals surface area contributed by atoms with Gasteiger partial charge in [-0.25, -0.2) is 8.78 Å². The zero-order valence-corrected chi connectivity index (χ0v) is 9.48. The van der Waals surface area contributed by atoms with E-state index in [0.29, 0.717) is 23.6 Å². The number of halogens is 2. The summed E-state index contributed by atoms with van der Waals surface area (Å²) in [4.78, 5) is 0. The number of nitrogens with two attached hydrogens (primary N) is 1. The predicted molar refractivity (Wildman–Crippen MR) is 65.2 cm³/mol. The van der Waals surface area contributed by atoms with Crippen LogP contribution in [0, 0.1) is 0 Å². The Morgan fingerprint density at radius 2 is 2.11 bits per heavy atom. The molecule has 4 nitrogen and oxygen atoms in total. The molecular formula is C12H12F2N4. The van der Waals surface area contributed by atoms with Gasteiger partial charge in [-0.3, -0.25) is 0 Å². The number of aromatic nitrogens is 2. The summed E-state index contributed by atoms with van der Waals surface area (Å²) in [6.07, 6.45) is -1.02. The molecule has 94 valence electrons.